The summed E-state index contributed by atoms with van der Waals surface area (Å²) in [7, 11) is -1.99. The normalized spacial score (nSPS) is 12.9. The molecule has 0 saturated heterocycles. The molecule has 1 atom stereocenters. The second kappa shape index (κ2) is 7.53. The van der Waals surface area contributed by atoms with Crippen LogP contribution < -0.4 is 9.46 Å². The molecule has 0 bridgehead atoms. The Morgan fingerprint density at radius 2 is 1.83 bits per heavy atom. The van der Waals surface area contributed by atoms with Crippen molar-refractivity contribution >= 4 is 33.2 Å². The van der Waals surface area contributed by atoms with Gasteiger partial charge in [0.2, 0.25) is 10.0 Å². The number of halogens is 2. The van der Waals surface area contributed by atoms with Gasteiger partial charge in [-0.1, -0.05) is 47.5 Å². The van der Waals surface area contributed by atoms with E-state index in [0.717, 1.165) is 5.56 Å². The summed E-state index contributed by atoms with van der Waals surface area (Å²) in [6, 6.07) is 11.6. The highest BCUT2D eigenvalue weighted by Gasteiger charge is 2.19. The van der Waals surface area contributed by atoms with Crippen LogP contribution in [0.4, 0.5) is 0 Å². The van der Waals surface area contributed by atoms with Crippen LogP contribution in [-0.4, -0.2) is 15.5 Å². The Morgan fingerprint density at radius 3 is 2.48 bits per heavy atom. The van der Waals surface area contributed by atoms with Crippen LogP contribution in [0.2, 0.25) is 10.0 Å². The van der Waals surface area contributed by atoms with Gasteiger partial charge in [0.1, 0.15) is 5.75 Å². The fourth-order valence-corrected chi connectivity index (χ4v) is 3.94. The average molecular weight is 374 g/mol. The van der Waals surface area contributed by atoms with Crippen molar-refractivity contribution in [3.63, 3.8) is 0 Å². The van der Waals surface area contributed by atoms with E-state index in [9.17, 15) is 8.42 Å². The van der Waals surface area contributed by atoms with Crippen molar-refractivity contribution in [2.45, 2.75) is 18.7 Å². The molecule has 0 aromatic heterocycles. The molecule has 7 heteroatoms. The molecule has 0 aliphatic rings. The lowest BCUT2D eigenvalue weighted by Crippen LogP contribution is -2.28. The van der Waals surface area contributed by atoms with Gasteiger partial charge in [0.05, 0.1) is 22.9 Å². The van der Waals surface area contributed by atoms with E-state index >= 15 is 0 Å². The predicted octanol–water partition coefficient (Wildman–Crippen LogP) is 4.18. The number of ether oxygens (including phenoxy) is 1. The first-order chi connectivity index (χ1) is 10.8. The van der Waals surface area contributed by atoms with Crippen LogP contribution >= 0.6 is 23.2 Å². The van der Waals surface area contributed by atoms with E-state index in [0.29, 0.717) is 21.4 Å². The Labute approximate surface area is 146 Å². The van der Waals surface area contributed by atoms with E-state index in [-0.39, 0.29) is 5.75 Å². The Hall–Kier alpha value is -1.27. The largest absolute Gasteiger partial charge is 0.496 e. The van der Waals surface area contributed by atoms with E-state index in [1.54, 1.807) is 38.3 Å². The standard InChI is InChI=1S/C16H17Cl2NO3S/c1-11(13-5-3-4-6-16(13)22-2)19-23(20,21)10-12-7-8-14(17)15(18)9-12/h3-9,11,19H,10H2,1-2H3. The molecular formula is C16H17Cl2NO3S. The zero-order chi connectivity index (χ0) is 17.0. The van der Waals surface area contributed by atoms with Gasteiger partial charge >= 0.3 is 0 Å². The van der Waals surface area contributed by atoms with Gasteiger partial charge < -0.3 is 4.74 Å². The SMILES string of the molecule is COc1ccccc1C(C)NS(=O)(=O)Cc1ccc(Cl)c(Cl)c1. The minimum atomic E-state index is -3.54. The van der Waals surface area contributed by atoms with Crippen molar-refractivity contribution in [2.24, 2.45) is 0 Å². The quantitative estimate of drug-likeness (QED) is 0.825. The number of sulfonamides is 1. The highest BCUT2D eigenvalue weighted by Crippen LogP contribution is 2.26. The average Bonchev–Trinajstić information content (AvgIpc) is 2.50. The molecule has 23 heavy (non-hydrogen) atoms. The molecule has 0 saturated carbocycles. The molecule has 1 unspecified atom stereocenters. The first kappa shape index (κ1) is 18.1. The van der Waals surface area contributed by atoms with Crippen molar-refractivity contribution in [3.05, 3.63) is 63.6 Å². The second-order valence-electron chi connectivity index (χ2n) is 5.09. The van der Waals surface area contributed by atoms with E-state index in [1.807, 2.05) is 18.2 Å². The van der Waals surface area contributed by atoms with Crippen molar-refractivity contribution in [3.8, 4) is 5.75 Å². The summed E-state index contributed by atoms with van der Waals surface area (Å²) in [5, 5.41) is 0.723. The lowest BCUT2D eigenvalue weighted by atomic mass is 10.1. The summed E-state index contributed by atoms with van der Waals surface area (Å²) in [5.74, 6) is 0.459. The van der Waals surface area contributed by atoms with Gasteiger partial charge in [0.15, 0.2) is 0 Å². The third kappa shape index (κ3) is 4.85. The molecule has 124 valence electrons. The van der Waals surface area contributed by atoms with E-state index in [2.05, 4.69) is 4.72 Å². The molecule has 0 heterocycles. The molecule has 0 aliphatic carbocycles. The minimum Gasteiger partial charge on any atom is -0.496 e. The third-order valence-corrected chi connectivity index (χ3v) is 5.47. The number of hydrogen-bond acceptors (Lipinski definition) is 3. The maximum Gasteiger partial charge on any atom is 0.216 e. The molecule has 1 N–H and O–H groups in total. The van der Waals surface area contributed by atoms with Crippen molar-refractivity contribution in [1.29, 1.82) is 0 Å². The maximum absolute atomic E-state index is 12.4. The van der Waals surface area contributed by atoms with Crippen LogP contribution in [0.3, 0.4) is 0 Å². The van der Waals surface area contributed by atoms with Gasteiger partial charge in [-0.3, -0.25) is 0 Å². The van der Waals surface area contributed by atoms with Gasteiger partial charge in [-0.15, -0.1) is 0 Å². The fraction of sp³-hybridized carbons (Fsp3) is 0.250. The van der Waals surface area contributed by atoms with Crippen LogP contribution in [0.5, 0.6) is 5.75 Å². The molecule has 0 spiro atoms. The van der Waals surface area contributed by atoms with Crippen molar-refractivity contribution in [1.82, 2.24) is 4.72 Å². The molecular weight excluding hydrogens is 357 g/mol. The summed E-state index contributed by atoms with van der Waals surface area (Å²) in [6.45, 7) is 1.77. The number of methoxy groups -OCH3 is 1. The molecule has 0 aliphatic heterocycles. The number of para-hydroxylation sites is 1. The molecule has 4 nitrogen and oxygen atoms in total. The van der Waals surface area contributed by atoms with Crippen LogP contribution in [-0.2, 0) is 15.8 Å². The monoisotopic (exact) mass is 373 g/mol. The summed E-state index contributed by atoms with van der Waals surface area (Å²) in [4.78, 5) is 0. The van der Waals surface area contributed by atoms with Gasteiger partial charge in [-0.05, 0) is 30.7 Å². The van der Waals surface area contributed by atoms with Crippen molar-refractivity contribution < 1.29 is 13.2 Å². The molecule has 2 rings (SSSR count). The Kier molecular flexibility index (Phi) is 5.92. The van der Waals surface area contributed by atoms with E-state index < -0.39 is 16.1 Å². The topological polar surface area (TPSA) is 55.4 Å². The second-order valence-corrected chi connectivity index (χ2v) is 7.66. The zero-order valence-electron chi connectivity index (χ0n) is 12.7. The molecule has 0 radical (unpaired) electrons. The van der Waals surface area contributed by atoms with Gasteiger partial charge in [-0.25, -0.2) is 13.1 Å². The zero-order valence-corrected chi connectivity index (χ0v) is 15.0. The first-order valence-electron chi connectivity index (χ1n) is 6.89. The fourth-order valence-electron chi connectivity index (χ4n) is 2.25. The highest BCUT2D eigenvalue weighted by molar-refractivity contribution is 7.88. The lowest BCUT2D eigenvalue weighted by molar-refractivity contribution is 0.405. The molecule has 0 fully saturated rings. The van der Waals surface area contributed by atoms with E-state index in [1.165, 1.54) is 0 Å². The smallest absolute Gasteiger partial charge is 0.216 e. The molecule has 0 amide bonds. The summed E-state index contributed by atoms with van der Waals surface area (Å²) in [6.07, 6.45) is 0. The van der Waals surface area contributed by atoms with Crippen LogP contribution in [0, 0.1) is 0 Å². The number of rotatable bonds is 6. The van der Waals surface area contributed by atoms with Crippen molar-refractivity contribution in [2.75, 3.05) is 7.11 Å². The predicted molar refractivity (Wildman–Crippen MR) is 93.6 cm³/mol. The summed E-state index contributed by atoms with van der Waals surface area (Å²) < 4.78 is 32.6. The van der Waals surface area contributed by atoms with Gasteiger partial charge in [-0.2, -0.15) is 0 Å². The first-order valence-corrected chi connectivity index (χ1v) is 9.30. The lowest BCUT2D eigenvalue weighted by Gasteiger charge is -2.17. The van der Waals surface area contributed by atoms with Gasteiger partial charge in [0.25, 0.3) is 0 Å². The molecule has 2 aromatic rings. The van der Waals surface area contributed by atoms with Crippen LogP contribution in [0.1, 0.15) is 24.1 Å². The van der Waals surface area contributed by atoms with Crippen LogP contribution in [0.15, 0.2) is 42.5 Å². The summed E-state index contributed by atoms with van der Waals surface area (Å²) in [5.41, 5.74) is 1.34. The van der Waals surface area contributed by atoms with Gasteiger partial charge in [0, 0.05) is 11.6 Å². The minimum absolute atomic E-state index is 0.177. The Bertz CT molecular complexity index is 794. The highest BCUT2D eigenvalue weighted by atomic mass is 35.5. The van der Waals surface area contributed by atoms with Crippen LogP contribution in [0.25, 0.3) is 0 Å². The van der Waals surface area contributed by atoms with E-state index in [4.69, 9.17) is 27.9 Å². The Balaban J connectivity index is 2.15. The maximum atomic E-state index is 12.4. The number of benzene rings is 2. The third-order valence-electron chi connectivity index (χ3n) is 3.30. The molecule has 2 aromatic carbocycles. The number of hydrogen-bond donors (Lipinski definition) is 1. The summed E-state index contributed by atoms with van der Waals surface area (Å²) >= 11 is 11.8. The number of nitrogens with one attached hydrogen (secondary N) is 1. The Morgan fingerprint density at radius 1 is 1.13 bits per heavy atom.